The smallest absolute Gasteiger partial charge is 0.227 e. The van der Waals surface area contributed by atoms with Crippen molar-refractivity contribution in [1.29, 1.82) is 0 Å². The number of anilines is 3. The molecule has 0 spiro atoms. The molecule has 0 aliphatic rings. The Morgan fingerprint density at radius 1 is 0.323 bits per heavy atom. The van der Waals surface area contributed by atoms with Crippen LogP contribution < -0.4 is 4.90 Å². The Bertz CT molecular complexity index is 3630. The van der Waals surface area contributed by atoms with Gasteiger partial charge in [-0.1, -0.05) is 164 Å². The van der Waals surface area contributed by atoms with Gasteiger partial charge in [0.1, 0.15) is 5.52 Å². The maximum absolute atomic E-state index is 6.17. The van der Waals surface area contributed by atoms with Gasteiger partial charge in [-0.25, -0.2) is 4.98 Å². The van der Waals surface area contributed by atoms with Crippen LogP contribution in [0.2, 0.25) is 0 Å². The lowest BCUT2D eigenvalue weighted by Crippen LogP contribution is -2.11. The predicted octanol–water partition coefficient (Wildman–Crippen LogP) is 16.6. The molecule has 3 nitrogen and oxygen atoms in total. The number of aromatic nitrogens is 1. The number of hydrogen-bond acceptors (Lipinski definition) is 3. The molecule has 0 N–H and O–H groups in total. The monoisotopic (exact) mass is 790 g/mol. The summed E-state index contributed by atoms with van der Waals surface area (Å²) in [5.41, 5.74) is 13.0. The van der Waals surface area contributed by atoms with E-state index in [4.69, 9.17) is 9.40 Å². The first-order chi connectivity index (χ1) is 30.7. The van der Waals surface area contributed by atoms with Gasteiger partial charge in [0.2, 0.25) is 5.89 Å². The van der Waals surface area contributed by atoms with Crippen LogP contribution in [0.5, 0.6) is 0 Å². The Morgan fingerprint density at radius 2 is 0.887 bits per heavy atom. The summed E-state index contributed by atoms with van der Waals surface area (Å²) in [6.45, 7) is 0. The van der Waals surface area contributed by atoms with Gasteiger partial charge in [-0.3, -0.25) is 0 Å². The first-order valence-electron chi connectivity index (χ1n) is 21.1. The Balaban J connectivity index is 0.936. The average Bonchev–Trinajstić information content (AvgIpc) is 3.80. The fraction of sp³-hybridized carbons (Fsp3) is 0. The van der Waals surface area contributed by atoms with Crippen LogP contribution >= 0.6 is 0 Å². The van der Waals surface area contributed by atoms with Crippen molar-refractivity contribution >= 4 is 71.3 Å². The normalized spacial score (nSPS) is 11.5. The molecular formula is C59H38N2O. The number of nitrogens with zero attached hydrogens (tertiary/aromatic N) is 2. The van der Waals surface area contributed by atoms with Gasteiger partial charge >= 0.3 is 0 Å². The molecule has 1 aromatic heterocycles. The topological polar surface area (TPSA) is 29.3 Å². The van der Waals surface area contributed by atoms with Crippen molar-refractivity contribution in [2.24, 2.45) is 0 Å². The van der Waals surface area contributed by atoms with E-state index in [0.717, 1.165) is 50.1 Å². The largest absolute Gasteiger partial charge is 0.436 e. The summed E-state index contributed by atoms with van der Waals surface area (Å²) in [5.74, 6) is 0.639. The van der Waals surface area contributed by atoms with Gasteiger partial charge in [0.15, 0.2) is 5.58 Å². The van der Waals surface area contributed by atoms with Crippen molar-refractivity contribution in [2.45, 2.75) is 0 Å². The highest BCUT2D eigenvalue weighted by Crippen LogP contribution is 2.43. The third kappa shape index (κ3) is 6.18. The molecule has 0 aliphatic heterocycles. The maximum atomic E-state index is 6.17. The highest BCUT2D eigenvalue weighted by Gasteiger charge is 2.19. The van der Waals surface area contributed by atoms with E-state index in [1.807, 2.05) is 36.4 Å². The predicted molar refractivity (Wildman–Crippen MR) is 260 cm³/mol. The minimum Gasteiger partial charge on any atom is -0.436 e. The van der Waals surface area contributed by atoms with E-state index in [-0.39, 0.29) is 0 Å². The molecule has 0 saturated heterocycles. The van der Waals surface area contributed by atoms with Gasteiger partial charge in [0, 0.05) is 27.9 Å². The number of oxazole rings is 1. The molecular weight excluding hydrogens is 753 g/mol. The van der Waals surface area contributed by atoms with E-state index in [1.165, 1.54) is 60.1 Å². The lowest BCUT2D eigenvalue weighted by atomic mass is 9.93. The van der Waals surface area contributed by atoms with Gasteiger partial charge < -0.3 is 9.32 Å². The molecule has 290 valence electrons. The number of fused-ring (bicyclic) bond motifs is 7. The average molecular weight is 791 g/mol. The van der Waals surface area contributed by atoms with E-state index in [1.54, 1.807) is 0 Å². The van der Waals surface area contributed by atoms with E-state index in [2.05, 4.69) is 199 Å². The first-order valence-corrected chi connectivity index (χ1v) is 21.1. The Hall–Kier alpha value is -8.27. The van der Waals surface area contributed by atoms with Gasteiger partial charge in [0.25, 0.3) is 0 Å². The lowest BCUT2D eigenvalue weighted by molar-refractivity contribution is 0.620. The molecule has 0 fully saturated rings. The van der Waals surface area contributed by atoms with Crippen LogP contribution in [0, 0.1) is 0 Å². The fourth-order valence-electron chi connectivity index (χ4n) is 9.20. The van der Waals surface area contributed by atoms with E-state index < -0.39 is 0 Å². The van der Waals surface area contributed by atoms with Crippen molar-refractivity contribution in [1.82, 2.24) is 4.98 Å². The minimum absolute atomic E-state index is 0.639. The van der Waals surface area contributed by atoms with Crippen LogP contribution in [0.15, 0.2) is 235 Å². The fourth-order valence-corrected chi connectivity index (χ4v) is 9.20. The molecule has 11 aromatic carbocycles. The SMILES string of the molecule is c1ccc(-c2nc3c(ccc4cc(-c5ccc6cc(N(c7ccc(-c8cc9ccccc9c9ccccc89)cc7)c7ccccc7-c7ccccc7)ccc6c5)ccc43)o2)cc1. The van der Waals surface area contributed by atoms with Gasteiger partial charge in [0.05, 0.1) is 5.69 Å². The van der Waals surface area contributed by atoms with Crippen LogP contribution in [-0.2, 0) is 0 Å². The summed E-state index contributed by atoms with van der Waals surface area (Å²) in [5, 5.41) is 9.62. The second-order valence-electron chi connectivity index (χ2n) is 15.9. The first kappa shape index (κ1) is 35.7. The van der Waals surface area contributed by atoms with Crippen molar-refractivity contribution in [3.05, 3.63) is 231 Å². The Morgan fingerprint density at radius 3 is 1.71 bits per heavy atom. The summed E-state index contributed by atoms with van der Waals surface area (Å²) < 4.78 is 6.17. The quantitative estimate of drug-likeness (QED) is 0.151. The van der Waals surface area contributed by atoms with Crippen molar-refractivity contribution < 1.29 is 4.42 Å². The molecule has 12 rings (SSSR count). The Labute approximate surface area is 359 Å². The molecule has 12 aromatic rings. The summed E-state index contributed by atoms with van der Waals surface area (Å²) >= 11 is 0. The molecule has 0 saturated carbocycles. The molecule has 0 radical (unpaired) electrons. The van der Waals surface area contributed by atoms with E-state index in [0.29, 0.717) is 5.89 Å². The highest BCUT2D eigenvalue weighted by molar-refractivity contribution is 6.14. The molecule has 0 atom stereocenters. The zero-order chi connectivity index (χ0) is 41.0. The molecule has 62 heavy (non-hydrogen) atoms. The molecule has 0 bridgehead atoms. The second kappa shape index (κ2) is 14.8. The second-order valence-corrected chi connectivity index (χ2v) is 15.9. The van der Waals surface area contributed by atoms with Gasteiger partial charge in [-0.05, 0) is 132 Å². The molecule has 1 heterocycles. The molecule has 3 heteroatoms. The zero-order valence-corrected chi connectivity index (χ0v) is 33.7. The van der Waals surface area contributed by atoms with Crippen molar-refractivity contribution in [3.63, 3.8) is 0 Å². The third-order valence-corrected chi connectivity index (χ3v) is 12.2. The standard InChI is InChI=1S/C59H38N2O/c1-3-13-39(14-4-1)51-19-11-12-22-56(51)61(48-30-25-40(26-31-48)55-38-46-17-7-8-18-50(46)53-20-9-10-21-54(53)55)49-32-27-43-35-42(23-24-45(43)37-49)44-28-33-52-47(36-44)29-34-57-58(52)60-59(62-57)41-15-5-2-6-16-41/h1-38H. The van der Waals surface area contributed by atoms with Crippen molar-refractivity contribution in [2.75, 3.05) is 4.90 Å². The summed E-state index contributed by atoms with van der Waals surface area (Å²) in [6.07, 6.45) is 0. The lowest BCUT2D eigenvalue weighted by Gasteiger charge is -2.28. The minimum atomic E-state index is 0.639. The Kier molecular flexibility index (Phi) is 8.50. The van der Waals surface area contributed by atoms with Crippen molar-refractivity contribution in [3.8, 4) is 44.8 Å². The highest BCUT2D eigenvalue weighted by atomic mass is 16.3. The summed E-state index contributed by atoms with van der Waals surface area (Å²) in [4.78, 5) is 7.31. The van der Waals surface area contributed by atoms with Crippen LogP contribution in [0.1, 0.15) is 0 Å². The van der Waals surface area contributed by atoms with E-state index >= 15 is 0 Å². The van der Waals surface area contributed by atoms with Crippen LogP contribution in [0.4, 0.5) is 17.1 Å². The summed E-state index contributed by atoms with van der Waals surface area (Å²) in [7, 11) is 0. The molecule has 0 unspecified atom stereocenters. The van der Waals surface area contributed by atoms with Gasteiger partial charge in [-0.2, -0.15) is 0 Å². The summed E-state index contributed by atoms with van der Waals surface area (Å²) in [6, 6.07) is 82.7. The van der Waals surface area contributed by atoms with E-state index in [9.17, 15) is 0 Å². The number of hydrogen-bond donors (Lipinski definition) is 0. The molecule has 0 amide bonds. The van der Waals surface area contributed by atoms with Crippen LogP contribution in [0.3, 0.4) is 0 Å². The number of para-hydroxylation sites is 1. The number of benzene rings is 11. The maximum Gasteiger partial charge on any atom is 0.227 e. The third-order valence-electron chi connectivity index (χ3n) is 12.2. The van der Waals surface area contributed by atoms with Crippen LogP contribution in [-0.4, -0.2) is 4.98 Å². The molecule has 0 aliphatic carbocycles. The number of rotatable bonds is 7. The van der Waals surface area contributed by atoms with Gasteiger partial charge in [-0.15, -0.1) is 0 Å². The zero-order valence-electron chi connectivity index (χ0n) is 33.7. The van der Waals surface area contributed by atoms with Crippen LogP contribution in [0.25, 0.3) is 99.0 Å².